The fourth-order valence-electron chi connectivity index (χ4n) is 2.55. The summed E-state index contributed by atoms with van der Waals surface area (Å²) in [7, 11) is 0. The monoisotopic (exact) mass is 310 g/mol. The lowest BCUT2D eigenvalue weighted by molar-refractivity contribution is 0.0950. The lowest BCUT2D eigenvalue weighted by Gasteiger charge is -2.06. The summed E-state index contributed by atoms with van der Waals surface area (Å²) in [6.45, 7) is 0.356. The van der Waals surface area contributed by atoms with Crippen LogP contribution in [0, 0.1) is 5.82 Å². The normalized spacial score (nSPS) is 14.1. The van der Waals surface area contributed by atoms with Gasteiger partial charge in [-0.15, -0.1) is 10.2 Å². The van der Waals surface area contributed by atoms with E-state index in [1.54, 1.807) is 30.5 Å². The molecule has 1 fully saturated rings. The van der Waals surface area contributed by atoms with Crippen LogP contribution in [-0.4, -0.2) is 20.5 Å². The summed E-state index contributed by atoms with van der Waals surface area (Å²) in [5, 5.41) is 11.2. The number of benzene rings is 1. The van der Waals surface area contributed by atoms with Gasteiger partial charge in [0, 0.05) is 18.7 Å². The van der Waals surface area contributed by atoms with E-state index < -0.39 is 0 Å². The lowest BCUT2D eigenvalue weighted by Crippen LogP contribution is -2.23. The highest BCUT2D eigenvalue weighted by atomic mass is 19.1. The molecule has 0 radical (unpaired) electrons. The minimum atomic E-state index is -0.286. The van der Waals surface area contributed by atoms with Gasteiger partial charge in [-0.2, -0.15) is 0 Å². The fourth-order valence-corrected chi connectivity index (χ4v) is 2.55. The minimum absolute atomic E-state index is 0.174. The molecular formula is C17H15FN4O. The lowest BCUT2D eigenvalue weighted by atomic mass is 10.2. The number of hydrogen-bond donors (Lipinski definition) is 1. The third-order valence-electron chi connectivity index (χ3n) is 4.00. The molecule has 3 aromatic rings. The van der Waals surface area contributed by atoms with E-state index in [-0.39, 0.29) is 11.7 Å². The number of hydrogen-bond acceptors (Lipinski definition) is 3. The maximum atomic E-state index is 12.9. The molecule has 1 saturated carbocycles. The number of halogens is 1. The minimum Gasteiger partial charge on any atom is -0.348 e. The smallest absolute Gasteiger partial charge is 0.253 e. The molecule has 23 heavy (non-hydrogen) atoms. The van der Waals surface area contributed by atoms with Gasteiger partial charge < -0.3 is 5.32 Å². The van der Waals surface area contributed by atoms with Gasteiger partial charge in [-0.3, -0.25) is 9.20 Å². The molecule has 1 aliphatic rings. The van der Waals surface area contributed by atoms with Crippen LogP contribution in [0.3, 0.4) is 0 Å². The second-order valence-corrected chi connectivity index (χ2v) is 5.79. The highest BCUT2D eigenvalue weighted by molar-refractivity contribution is 5.94. The van der Waals surface area contributed by atoms with Crippen LogP contribution in [-0.2, 0) is 6.54 Å². The van der Waals surface area contributed by atoms with Crippen molar-refractivity contribution in [3.8, 4) is 0 Å². The van der Waals surface area contributed by atoms with Crippen LogP contribution in [0.15, 0.2) is 42.6 Å². The number of carbonyl (C=O) groups is 1. The summed E-state index contributed by atoms with van der Waals surface area (Å²) in [5.74, 6) is 0.924. The molecule has 2 aromatic heterocycles. The van der Waals surface area contributed by atoms with Gasteiger partial charge in [-0.25, -0.2) is 4.39 Å². The van der Waals surface area contributed by atoms with Gasteiger partial charge in [-0.05, 0) is 42.7 Å². The summed E-state index contributed by atoms with van der Waals surface area (Å²) in [6, 6.07) is 9.61. The first-order valence-corrected chi connectivity index (χ1v) is 7.58. The third kappa shape index (κ3) is 2.79. The van der Waals surface area contributed by atoms with E-state index in [1.165, 1.54) is 12.1 Å². The predicted octanol–water partition coefficient (Wildman–Crippen LogP) is 2.68. The van der Waals surface area contributed by atoms with Crippen molar-refractivity contribution in [1.29, 1.82) is 0 Å². The van der Waals surface area contributed by atoms with Crippen LogP contribution in [0.5, 0.6) is 0 Å². The van der Waals surface area contributed by atoms with Crippen LogP contribution in [0.25, 0.3) is 5.65 Å². The van der Waals surface area contributed by atoms with Crippen molar-refractivity contribution in [1.82, 2.24) is 19.9 Å². The topological polar surface area (TPSA) is 59.3 Å². The van der Waals surface area contributed by atoms with Crippen molar-refractivity contribution in [2.75, 3.05) is 0 Å². The second-order valence-electron chi connectivity index (χ2n) is 5.79. The average molecular weight is 310 g/mol. The molecule has 116 valence electrons. The Morgan fingerprint density at radius 1 is 1.17 bits per heavy atom. The Hall–Kier alpha value is -2.76. The Morgan fingerprint density at radius 2 is 1.96 bits per heavy atom. The molecule has 1 aromatic carbocycles. The van der Waals surface area contributed by atoms with Crippen molar-refractivity contribution in [2.24, 2.45) is 0 Å². The number of nitrogens with one attached hydrogen (secondary N) is 1. The Labute approximate surface area is 132 Å². The molecule has 0 aliphatic heterocycles. The molecule has 2 heterocycles. The maximum absolute atomic E-state index is 12.9. The number of rotatable bonds is 4. The Balaban J connectivity index is 1.52. The van der Waals surface area contributed by atoms with Gasteiger partial charge in [-0.1, -0.05) is 12.1 Å². The van der Waals surface area contributed by atoms with Gasteiger partial charge in [0.1, 0.15) is 11.6 Å². The number of nitrogens with zero attached hydrogens (tertiary/aromatic N) is 3. The molecule has 5 nitrogen and oxygen atoms in total. The number of carbonyl (C=O) groups excluding carboxylic acids is 1. The molecule has 1 amide bonds. The van der Waals surface area contributed by atoms with E-state index in [1.807, 2.05) is 4.40 Å². The number of pyridine rings is 1. The highest BCUT2D eigenvalue weighted by Crippen LogP contribution is 2.38. The zero-order valence-corrected chi connectivity index (χ0v) is 12.4. The molecule has 1 aliphatic carbocycles. The van der Waals surface area contributed by atoms with E-state index in [0.29, 0.717) is 18.0 Å². The van der Waals surface area contributed by atoms with Crippen LogP contribution < -0.4 is 5.32 Å². The van der Waals surface area contributed by atoms with Crippen LogP contribution in [0.2, 0.25) is 0 Å². The van der Waals surface area contributed by atoms with Crippen molar-refractivity contribution >= 4 is 11.6 Å². The highest BCUT2D eigenvalue weighted by Gasteiger charge is 2.28. The van der Waals surface area contributed by atoms with Crippen LogP contribution in [0.1, 0.15) is 40.5 Å². The Morgan fingerprint density at radius 3 is 2.70 bits per heavy atom. The first-order chi connectivity index (χ1) is 11.2. The van der Waals surface area contributed by atoms with E-state index in [0.717, 1.165) is 29.9 Å². The molecule has 1 N–H and O–H groups in total. The van der Waals surface area contributed by atoms with Crippen molar-refractivity contribution in [2.45, 2.75) is 25.3 Å². The second kappa shape index (κ2) is 5.46. The molecule has 0 saturated heterocycles. The van der Waals surface area contributed by atoms with E-state index >= 15 is 0 Å². The Bertz CT molecular complexity index is 868. The van der Waals surface area contributed by atoms with Gasteiger partial charge in [0.15, 0.2) is 5.65 Å². The third-order valence-corrected chi connectivity index (χ3v) is 4.00. The molecule has 0 atom stereocenters. The number of fused-ring (bicyclic) bond motifs is 1. The molecule has 0 spiro atoms. The zero-order valence-electron chi connectivity index (χ0n) is 12.4. The standard InChI is InChI=1S/C17H15FN4O/c18-14-6-1-11(2-7-14)9-19-17(23)13-5-8-15-20-21-16(12-3-4-12)22(15)10-13/h1-2,5-8,10,12H,3-4,9H2,(H,19,23). The quantitative estimate of drug-likeness (QED) is 0.806. The van der Waals surface area contributed by atoms with Gasteiger partial charge in [0.25, 0.3) is 5.91 Å². The molecular weight excluding hydrogens is 295 g/mol. The first-order valence-electron chi connectivity index (χ1n) is 7.58. The fraction of sp³-hybridized carbons (Fsp3) is 0.235. The zero-order chi connectivity index (χ0) is 15.8. The molecule has 6 heteroatoms. The predicted molar refractivity (Wildman–Crippen MR) is 82.5 cm³/mol. The maximum Gasteiger partial charge on any atom is 0.253 e. The van der Waals surface area contributed by atoms with E-state index in [2.05, 4.69) is 15.5 Å². The molecule has 4 rings (SSSR count). The summed E-state index contributed by atoms with van der Waals surface area (Å²) in [5.41, 5.74) is 2.16. The van der Waals surface area contributed by atoms with Gasteiger partial charge >= 0.3 is 0 Å². The van der Waals surface area contributed by atoms with Gasteiger partial charge in [0.2, 0.25) is 0 Å². The van der Waals surface area contributed by atoms with E-state index in [4.69, 9.17) is 0 Å². The Kier molecular flexibility index (Phi) is 3.29. The summed E-state index contributed by atoms with van der Waals surface area (Å²) >= 11 is 0. The first kappa shape index (κ1) is 13.9. The van der Waals surface area contributed by atoms with Crippen LogP contribution in [0.4, 0.5) is 4.39 Å². The van der Waals surface area contributed by atoms with Crippen molar-refractivity contribution in [3.63, 3.8) is 0 Å². The SMILES string of the molecule is O=C(NCc1ccc(F)cc1)c1ccc2nnc(C3CC3)n2c1. The molecule has 0 unspecified atom stereocenters. The van der Waals surface area contributed by atoms with Crippen LogP contribution >= 0.6 is 0 Å². The average Bonchev–Trinajstić information content (AvgIpc) is 3.33. The van der Waals surface area contributed by atoms with Gasteiger partial charge in [0.05, 0.1) is 5.56 Å². The number of aromatic nitrogens is 3. The van der Waals surface area contributed by atoms with Crippen molar-refractivity contribution in [3.05, 3.63) is 65.4 Å². The summed E-state index contributed by atoms with van der Waals surface area (Å²) in [4.78, 5) is 12.3. The summed E-state index contributed by atoms with van der Waals surface area (Å²) < 4.78 is 14.8. The number of amides is 1. The summed E-state index contributed by atoms with van der Waals surface area (Å²) in [6.07, 6.45) is 4.03. The molecule has 0 bridgehead atoms. The largest absolute Gasteiger partial charge is 0.348 e. The van der Waals surface area contributed by atoms with E-state index in [9.17, 15) is 9.18 Å². The van der Waals surface area contributed by atoms with Crippen molar-refractivity contribution < 1.29 is 9.18 Å².